The Kier molecular flexibility index (Phi) is 9.99. The van der Waals surface area contributed by atoms with Crippen LogP contribution in [0.2, 0.25) is 5.15 Å². The number of benzene rings is 1. The second-order valence-corrected chi connectivity index (χ2v) is 7.60. The van der Waals surface area contributed by atoms with E-state index in [1.807, 2.05) is 6.07 Å². The molecule has 0 bridgehead atoms. The number of rotatable bonds is 8. The summed E-state index contributed by atoms with van der Waals surface area (Å²) in [5, 5.41) is 13.0. The van der Waals surface area contributed by atoms with Crippen LogP contribution in [0.15, 0.2) is 41.6 Å². The lowest BCUT2D eigenvalue weighted by atomic mass is 10.2. The second-order valence-electron chi connectivity index (χ2n) is 7.24. The van der Waals surface area contributed by atoms with Gasteiger partial charge >= 0.3 is 12.1 Å². The zero-order chi connectivity index (χ0) is 26.9. The van der Waals surface area contributed by atoms with Crippen molar-refractivity contribution in [1.82, 2.24) is 19.5 Å². The number of carbonyl (C=O) groups is 2. The van der Waals surface area contributed by atoms with E-state index < -0.39 is 17.7 Å². The van der Waals surface area contributed by atoms with Crippen LogP contribution in [0.1, 0.15) is 17.0 Å². The number of aromatic amines is 1. The molecule has 36 heavy (non-hydrogen) atoms. The molecule has 0 atom stereocenters. The van der Waals surface area contributed by atoms with Crippen molar-refractivity contribution in [2.75, 3.05) is 17.2 Å². The summed E-state index contributed by atoms with van der Waals surface area (Å²) in [5.74, 6) is -3.01. The fraction of sp³-hybridized carbons (Fsp3) is 0.286. The van der Waals surface area contributed by atoms with E-state index >= 15 is 0 Å². The summed E-state index contributed by atoms with van der Waals surface area (Å²) in [6.45, 7) is 2.29. The van der Waals surface area contributed by atoms with Gasteiger partial charge in [0.15, 0.2) is 11.0 Å². The smallest absolute Gasteiger partial charge is 0.475 e. The Balaban J connectivity index is 0.000000572. The molecule has 0 fully saturated rings. The molecule has 6 N–H and O–H groups in total. The number of H-pyrrole nitrogens is 1. The number of nitrogens with one attached hydrogen (secondary N) is 3. The molecule has 0 aliphatic carbocycles. The Morgan fingerprint density at radius 1 is 1.31 bits per heavy atom. The van der Waals surface area contributed by atoms with Crippen molar-refractivity contribution in [3.63, 3.8) is 0 Å². The van der Waals surface area contributed by atoms with E-state index in [2.05, 4.69) is 25.6 Å². The number of anilines is 2. The van der Waals surface area contributed by atoms with Crippen molar-refractivity contribution in [2.45, 2.75) is 32.6 Å². The van der Waals surface area contributed by atoms with Gasteiger partial charge in [-0.2, -0.15) is 13.2 Å². The summed E-state index contributed by atoms with van der Waals surface area (Å²) in [5.41, 5.74) is 8.06. The summed E-state index contributed by atoms with van der Waals surface area (Å²) in [7, 11) is 0. The molecule has 0 aliphatic heterocycles. The third kappa shape index (κ3) is 8.39. The van der Waals surface area contributed by atoms with E-state index in [0.29, 0.717) is 30.9 Å². The summed E-state index contributed by atoms with van der Waals surface area (Å²) in [4.78, 5) is 45.2. The number of hydrogen-bond donors (Lipinski definition) is 5. The minimum Gasteiger partial charge on any atom is -0.475 e. The second kappa shape index (κ2) is 12.7. The van der Waals surface area contributed by atoms with Crippen LogP contribution < -0.4 is 21.9 Å². The van der Waals surface area contributed by atoms with Gasteiger partial charge in [-0.15, -0.1) is 0 Å². The number of aliphatic carboxylic acids is 1. The van der Waals surface area contributed by atoms with Gasteiger partial charge in [0, 0.05) is 37.1 Å². The molecule has 11 nitrogen and oxygen atoms in total. The number of halogens is 4. The Bertz CT molecular complexity index is 1250. The van der Waals surface area contributed by atoms with Crippen LogP contribution in [0.5, 0.6) is 0 Å². The molecule has 0 saturated carbocycles. The highest BCUT2D eigenvalue weighted by atomic mass is 35.5. The predicted octanol–water partition coefficient (Wildman–Crippen LogP) is 2.31. The van der Waals surface area contributed by atoms with E-state index in [0.717, 1.165) is 11.3 Å². The van der Waals surface area contributed by atoms with Crippen molar-refractivity contribution in [3.8, 4) is 0 Å². The van der Waals surface area contributed by atoms with Crippen LogP contribution >= 0.6 is 11.6 Å². The fourth-order valence-corrected chi connectivity index (χ4v) is 2.97. The van der Waals surface area contributed by atoms with Crippen LogP contribution in [0.4, 0.5) is 24.7 Å². The Morgan fingerprint density at radius 2 is 2.00 bits per heavy atom. The first-order valence-corrected chi connectivity index (χ1v) is 10.7. The Labute approximate surface area is 207 Å². The number of nitrogens with zero attached hydrogens (tertiary/aromatic N) is 3. The van der Waals surface area contributed by atoms with Gasteiger partial charge < -0.3 is 26.5 Å². The van der Waals surface area contributed by atoms with Gasteiger partial charge in [0.25, 0.3) is 5.56 Å². The lowest BCUT2D eigenvalue weighted by Crippen LogP contribution is -2.32. The number of imidazole rings is 1. The van der Waals surface area contributed by atoms with Crippen LogP contribution in [0.3, 0.4) is 0 Å². The number of carboxylic acid groups (broad SMARTS) is 1. The third-order valence-electron chi connectivity index (χ3n) is 4.59. The number of hydrogen-bond acceptors (Lipinski definition) is 7. The molecular weight excluding hydrogens is 507 g/mol. The fourth-order valence-electron chi connectivity index (χ4n) is 2.78. The number of alkyl halides is 3. The normalized spacial score (nSPS) is 10.8. The first kappa shape index (κ1) is 28.3. The Hall–Kier alpha value is -3.91. The molecule has 3 rings (SSSR count). The van der Waals surface area contributed by atoms with Gasteiger partial charge in [0.05, 0.1) is 12.0 Å². The summed E-state index contributed by atoms with van der Waals surface area (Å²) in [6, 6.07) is 7.22. The lowest BCUT2D eigenvalue weighted by Gasteiger charge is -2.14. The number of nitrogens with two attached hydrogens (primary N) is 1. The van der Waals surface area contributed by atoms with Crippen LogP contribution in [0, 0.1) is 6.92 Å². The molecule has 1 amide bonds. The topological polar surface area (TPSA) is 168 Å². The average Bonchev–Trinajstić information content (AvgIpc) is 3.33. The molecule has 1 aromatic carbocycles. The quantitative estimate of drug-likeness (QED) is 0.296. The molecule has 0 radical (unpaired) electrons. The molecule has 194 valence electrons. The summed E-state index contributed by atoms with van der Waals surface area (Å²) in [6.07, 6.45) is -1.16. The predicted molar refractivity (Wildman–Crippen MR) is 126 cm³/mol. The van der Waals surface area contributed by atoms with Crippen molar-refractivity contribution < 1.29 is 27.9 Å². The van der Waals surface area contributed by atoms with E-state index in [-0.39, 0.29) is 23.4 Å². The summed E-state index contributed by atoms with van der Waals surface area (Å²) >= 11 is 6.18. The van der Waals surface area contributed by atoms with Gasteiger partial charge in [-0.25, -0.2) is 14.8 Å². The van der Waals surface area contributed by atoms with Gasteiger partial charge in [-0.1, -0.05) is 23.7 Å². The number of carbonyl (C=O) groups excluding carboxylic acids is 1. The highest BCUT2D eigenvalue weighted by molar-refractivity contribution is 6.30. The highest BCUT2D eigenvalue weighted by Crippen LogP contribution is 2.14. The van der Waals surface area contributed by atoms with Crippen molar-refractivity contribution in [2.24, 2.45) is 5.73 Å². The van der Waals surface area contributed by atoms with Gasteiger partial charge in [-0.05, 0) is 24.6 Å². The molecule has 15 heteroatoms. The van der Waals surface area contributed by atoms with Crippen LogP contribution in [-0.2, 0) is 29.1 Å². The molecule has 2 aromatic heterocycles. The van der Waals surface area contributed by atoms with E-state index in [1.165, 1.54) is 4.57 Å². The standard InChI is InChI=1S/C19H22ClN7O2.C2HF3O2/c1-12-17(20)26-18(23-6-5-15-9-22-11-24-15)19(29)27(12)10-16(28)25-14-4-2-3-13(7-14)8-21;3-2(4,5)1(6)7/h2-4,7,9,11H,5-6,8,10,21H2,1H3,(H,22,24)(H,23,26)(H,25,28);(H,6,7). The molecule has 0 saturated heterocycles. The monoisotopic (exact) mass is 529 g/mol. The molecular formula is C21H23ClF3N7O4. The molecule has 0 aliphatic rings. The molecule has 3 aromatic rings. The number of carboxylic acids is 1. The van der Waals surface area contributed by atoms with Crippen LogP contribution in [0.25, 0.3) is 0 Å². The maximum Gasteiger partial charge on any atom is 0.490 e. The lowest BCUT2D eigenvalue weighted by molar-refractivity contribution is -0.192. The number of aromatic nitrogens is 4. The zero-order valence-electron chi connectivity index (χ0n) is 18.9. The minimum absolute atomic E-state index is 0.0954. The maximum absolute atomic E-state index is 12.8. The highest BCUT2D eigenvalue weighted by Gasteiger charge is 2.38. The number of amides is 1. The maximum atomic E-state index is 12.8. The molecule has 0 unspecified atom stereocenters. The summed E-state index contributed by atoms with van der Waals surface area (Å²) < 4.78 is 33.0. The van der Waals surface area contributed by atoms with Gasteiger partial charge in [-0.3, -0.25) is 14.2 Å². The van der Waals surface area contributed by atoms with Crippen molar-refractivity contribution >= 4 is 35.0 Å². The first-order valence-electron chi connectivity index (χ1n) is 10.3. The first-order chi connectivity index (χ1) is 16.9. The average molecular weight is 530 g/mol. The third-order valence-corrected chi connectivity index (χ3v) is 4.95. The van der Waals surface area contributed by atoms with E-state index in [1.54, 1.807) is 37.6 Å². The molecule has 0 spiro atoms. The Morgan fingerprint density at radius 3 is 2.58 bits per heavy atom. The zero-order valence-corrected chi connectivity index (χ0v) is 19.7. The van der Waals surface area contributed by atoms with E-state index in [9.17, 15) is 22.8 Å². The minimum atomic E-state index is -5.08. The largest absolute Gasteiger partial charge is 0.490 e. The van der Waals surface area contributed by atoms with E-state index in [4.69, 9.17) is 27.2 Å². The SMILES string of the molecule is Cc1c(Cl)nc(NCCc2cnc[nH]2)c(=O)n1CC(=O)Nc1cccc(CN)c1.O=C(O)C(F)(F)F. The van der Waals surface area contributed by atoms with Gasteiger partial charge in [0.1, 0.15) is 6.54 Å². The van der Waals surface area contributed by atoms with Crippen LogP contribution in [-0.4, -0.2) is 49.2 Å². The van der Waals surface area contributed by atoms with Crippen molar-refractivity contribution in [1.29, 1.82) is 0 Å². The van der Waals surface area contributed by atoms with Gasteiger partial charge in [0.2, 0.25) is 5.91 Å². The molecule has 2 heterocycles. The van der Waals surface area contributed by atoms with Crippen molar-refractivity contribution in [3.05, 3.63) is 69.2 Å².